The molecule has 1 fully saturated rings. The zero-order valence-electron chi connectivity index (χ0n) is 12.9. The van der Waals surface area contributed by atoms with Crippen molar-refractivity contribution in [2.75, 3.05) is 19.6 Å². The van der Waals surface area contributed by atoms with E-state index in [9.17, 15) is 8.78 Å². The summed E-state index contributed by atoms with van der Waals surface area (Å²) in [5.74, 6) is -0.437. The lowest BCUT2D eigenvalue weighted by Gasteiger charge is -2.42. The summed E-state index contributed by atoms with van der Waals surface area (Å²) < 4.78 is 26.6. The minimum absolute atomic E-state index is 0.146. The lowest BCUT2D eigenvalue weighted by Crippen LogP contribution is -2.43. The Kier molecular flexibility index (Phi) is 4.25. The summed E-state index contributed by atoms with van der Waals surface area (Å²) in [6.45, 7) is 5.22. The van der Waals surface area contributed by atoms with Crippen molar-refractivity contribution in [3.63, 3.8) is 0 Å². The maximum Gasteiger partial charge on any atom is 0.123 e. The Morgan fingerprint density at radius 3 is 1.59 bits per heavy atom. The summed E-state index contributed by atoms with van der Waals surface area (Å²) in [5, 5.41) is 0. The van der Waals surface area contributed by atoms with Crippen LogP contribution in [-0.2, 0) is 5.41 Å². The van der Waals surface area contributed by atoms with Gasteiger partial charge < -0.3 is 4.90 Å². The third kappa shape index (κ3) is 2.78. The summed E-state index contributed by atoms with van der Waals surface area (Å²) >= 11 is 0. The van der Waals surface area contributed by atoms with Gasteiger partial charge in [-0.05, 0) is 67.9 Å². The second-order valence-corrected chi connectivity index (χ2v) is 6.03. The van der Waals surface area contributed by atoms with Crippen LogP contribution in [0.1, 0.15) is 30.9 Å². The molecular weight excluding hydrogens is 280 g/mol. The van der Waals surface area contributed by atoms with Gasteiger partial charge in [-0.3, -0.25) is 0 Å². The number of rotatable bonds is 3. The van der Waals surface area contributed by atoms with Crippen molar-refractivity contribution in [1.82, 2.24) is 4.90 Å². The third-order valence-electron chi connectivity index (χ3n) is 4.95. The van der Waals surface area contributed by atoms with Crippen LogP contribution in [0, 0.1) is 11.6 Å². The lowest BCUT2D eigenvalue weighted by molar-refractivity contribution is 0.187. The van der Waals surface area contributed by atoms with E-state index in [-0.39, 0.29) is 17.0 Å². The fourth-order valence-corrected chi connectivity index (χ4v) is 3.53. The molecule has 0 aromatic heterocycles. The van der Waals surface area contributed by atoms with Crippen LogP contribution in [0.3, 0.4) is 0 Å². The van der Waals surface area contributed by atoms with Crippen LogP contribution in [0.25, 0.3) is 0 Å². The Labute approximate surface area is 130 Å². The summed E-state index contributed by atoms with van der Waals surface area (Å²) in [4.78, 5) is 2.42. The van der Waals surface area contributed by atoms with Gasteiger partial charge >= 0.3 is 0 Å². The Morgan fingerprint density at radius 2 is 1.23 bits per heavy atom. The van der Waals surface area contributed by atoms with Gasteiger partial charge in [-0.15, -0.1) is 0 Å². The van der Waals surface area contributed by atoms with Gasteiger partial charge in [-0.2, -0.15) is 0 Å². The number of hydrogen-bond acceptors (Lipinski definition) is 1. The number of piperidine rings is 1. The number of halogens is 2. The third-order valence-corrected chi connectivity index (χ3v) is 4.95. The van der Waals surface area contributed by atoms with Crippen LogP contribution in [0.15, 0.2) is 48.5 Å². The number of nitrogens with zero attached hydrogens (tertiary/aromatic N) is 1. The van der Waals surface area contributed by atoms with E-state index in [0.717, 1.165) is 43.6 Å². The summed E-state index contributed by atoms with van der Waals surface area (Å²) in [6.07, 6.45) is 1.94. The van der Waals surface area contributed by atoms with E-state index in [1.54, 1.807) is 0 Å². The van der Waals surface area contributed by atoms with Crippen LogP contribution in [0.4, 0.5) is 8.78 Å². The van der Waals surface area contributed by atoms with Gasteiger partial charge in [-0.25, -0.2) is 8.78 Å². The molecule has 0 N–H and O–H groups in total. The van der Waals surface area contributed by atoms with Crippen LogP contribution in [0.5, 0.6) is 0 Å². The summed E-state index contributed by atoms with van der Waals surface area (Å²) in [5.41, 5.74) is 2.10. The minimum atomic E-state index is -0.219. The van der Waals surface area contributed by atoms with Crippen molar-refractivity contribution in [3.8, 4) is 0 Å². The Morgan fingerprint density at radius 1 is 0.818 bits per heavy atom. The first-order chi connectivity index (χ1) is 10.6. The molecule has 0 aliphatic carbocycles. The van der Waals surface area contributed by atoms with E-state index in [4.69, 9.17) is 0 Å². The Hall–Kier alpha value is -1.74. The van der Waals surface area contributed by atoms with Gasteiger partial charge in [0.25, 0.3) is 0 Å². The second kappa shape index (κ2) is 6.17. The molecule has 0 spiro atoms. The van der Waals surface area contributed by atoms with Crippen LogP contribution >= 0.6 is 0 Å². The molecule has 0 radical (unpaired) electrons. The molecule has 3 rings (SSSR count). The molecule has 1 saturated heterocycles. The lowest BCUT2D eigenvalue weighted by atomic mass is 9.68. The van der Waals surface area contributed by atoms with Gasteiger partial charge in [0, 0.05) is 5.41 Å². The van der Waals surface area contributed by atoms with E-state index in [2.05, 4.69) is 11.8 Å². The average molecular weight is 301 g/mol. The number of benzene rings is 2. The predicted molar refractivity (Wildman–Crippen MR) is 84.9 cm³/mol. The zero-order valence-corrected chi connectivity index (χ0v) is 12.9. The smallest absolute Gasteiger partial charge is 0.123 e. The normalized spacial score (nSPS) is 18.3. The molecule has 0 bridgehead atoms. The Balaban J connectivity index is 2.02. The monoisotopic (exact) mass is 301 g/mol. The van der Waals surface area contributed by atoms with Crippen molar-refractivity contribution in [2.45, 2.75) is 25.2 Å². The van der Waals surface area contributed by atoms with E-state index in [0.29, 0.717) is 0 Å². The fourth-order valence-electron chi connectivity index (χ4n) is 3.53. The maximum absolute atomic E-state index is 13.3. The topological polar surface area (TPSA) is 3.24 Å². The number of hydrogen-bond donors (Lipinski definition) is 0. The fraction of sp³-hybridized carbons (Fsp3) is 0.368. The highest BCUT2D eigenvalue weighted by Gasteiger charge is 2.37. The quantitative estimate of drug-likeness (QED) is 0.814. The van der Waals surface area contributed by atoms with Crippen LogP contribution < -0.4 is 0 Å². The molecule has 3 heteroatoms. The van der Waals surface area contributed by atoms with Crippen LogP contribution in [0.2, 0.25) is 0 Å². The van der Waals surface area contributed by atoms with Crippen molar-refractivity contribution >= 4 is 0 Å². The summed E-state index contributed by atoms with van der Waals surface area (Å²) in [7, 11) is 0. The molecule has 2 aromatic rings. The maximum atomic E-state index is 13.3. The van der Waals surface area contributed by atoms with Crippen molar-refractivity contribution in [1.29, 1.82) is 0 Å². The van der Waals surface area contributed by atoms with Gasteiger partial charge in [0.2, 0.25) is 0 Å². The van der Waals surface area contributed by atoms with Crippen molar-refractivity contribution in [2.24, 2.45) is 0 Å². The van der Waals surface area contributed by atoms with Gasteiger partial charge in [0.05, 0.1) is 0 Å². The zero-order chi connectivity index (χ0) is 15.6. The molecular formula is C19H21F2N. The first-order valence-electron chi connectivity index (χ1n) is 7.88. The molecule has 1 aliphatic heterocycles. The Bertz CT molecular complexity index is 563. The van der Waals surface area contributed by atoms with Crippen molar-refractivity contribution < 1.29 is 8.78 Å². The molecule has 1 nitrogen and oxygen atoms in total. The number of likely N-dealkylation sites (tertiary alicyclic amines) is 1. The molecule has 1 aliphatic rings. The molecule has 0 atom stereocenters. The van der Waals surface area contributed by atoms with E-state index in [1.807, 2.05) is 24.3 Å². The van der Waals surface area contributed by atoms with Gasteiger partial charge in [0.15, 0.2) is 0 Å². The molecule has 2 aromatic carbocycles. The van der Waals surface area contributed by atoms with Gasteiger partial charge in [-0.1, -0.05) is 31.2 Å². The van der Waals surface area contributed by atoms with Crippen molar-refractivity contribution in [3.05, 3.63) is 71.3 Å². The standard InChI is InChI=1S/C19H21F2N/c1-2-22-13-11-19(12-14-22,15-3-7-17(20)8-4-15)16-5-9-18(21)10-6-16/h3-10H,2,11-14H2,1H3. The predicted octanol–water partition coefficient (Wildman–Crippen LogP) is 4.37. The molecule has 0 unspecified atom stereocenters. The molecule has 1 heterocycles. The molecule has 0 amide bonds. The van der Waals surface area contributed by atoms with Crippen LogP contribution in [-0.4, -0.2) is 24.5 Å². The second-order valence-electron chi connectivity index (χ2n) is 6.03. The molecule has 0 saturated carbocycles. The first kappa shape index (κ1) is 15.2. The minimum Gasteiger partial charge on any atom is -0.304 e. The SMILES string of the molecule is CCN1CCC(c2ccc(F)cc2)(c2ccc(F)cc2)CC1. The van der Waals surface area contributed by atoms with E-state index < -0.39 is 0 Å². The highest BCUT2D eigenvalue weighted by molar-refractivity contribution is 5.40. The largest absolute Gasteiger partial charge is 0.304 e. The van der Waals surface area contributed by atoms with E-state index in [1.165, 1.54) is 24.3 Å². The highest BCUT2D eigenvalue weighted by atomic mass is 19.1. The highest BCUT2D eigenvalue weighted by Crippen LogP contribution is 2.41. The average Bonchev–Trinajstić information content (AvgIpc) is 2.56. The van der Waals surface area contributed by atoms with Gasteiger partial charge in [0.1, 0.15) is 11.6 Å². The first-order valence-corrected chi connectivity index (χ1v) is 7.88. The molecule has 116 valence electrons. The van der Waals surface area contributed by atoms with E-state index >= 15 is 0 Å². The summed E-state index contributed by atoms with van der Waals surface area (Å²) in [6, 6.07) is 13.6. The molecule has 22 heavy (non-hydrogen) atoms.